The van der Waals surface area contributed by atoms with Gasteiger partial charge >= 0.3 is 0 Å². The second-order valence-corrected chi connectivity index (χ2v) is 5.85. The van der Waals surface area contributed by atoms with Crippen molar-refractivity contribution in [1.29, 1.82) is 0 Å². The van der Waals surface area contributed by atoms with Gasteiger partial charge in [-0.1, -0.05) is 29.7 Å². The number of nitrogen functional groups attached to an aromatic ring is 1. The van der Waals surface area contributed by atoms with Gasteiger partial charge in [0.1, 0.15) is 0 Å². The summed E-state index contributed by atoms with van der Waals surface area (Å²) in [5.74, 6) is 0.121. The lowest BCUT2D eigenvalue weighted by Crippen LogP contribution is -2.32. The van der Waals surface area contributed by atoms with Gasteiger partial charge in [0.05, 0.1) is 5.69 Å². The van der Waals surface area contributed by atoms with Gasteiger partial charge in [-0.25, -0.2) is 0 Å². The molecule has 1 aromatic carbocycles. The van der Waals surface area contributed by atoms with Crippen LogP contribution in [-0.4, -0.2) is 38.9 Å². The predicted molar refractivity (Wildman–Crippen MR) is 85.2 cm³/mol. The van der Waals surface area contributed by atoms with Crippen LogP contribution in [-0.2, 0) is 0 Å². The second kappa shape index (κ2) is 6.36. The summed E-state index contributed by atoms with van der Waals surface area (Å²) in [5, 5.41) is 8.62. The molecule has 2 heterocycles. The van der Waals surface area contributed by atoms with E-state index in [1.807, 2.05) is 4.90 Å². The third kappa shape index (κ3) is 2.92. The average Bonchev–Trinajstić information content (AvgIpc) is 2.75. The summed E-state index contributed by atoms with van der Waals surface area (Å²) < 4.78 is 1.46. The van der Waals surface area contributed by atoms with Gasteiger partial charge in [-0.05, 0) is 37.1 Å². The molecule has 116 valence electrons. The number of likely N-dealkylation sites (tertiary alicyclic amines) is 1. The smallest absolute Gasteiger partial charge is 0.278 e. The van der Waals surface area contributed by atoms with Gasteiger partial charge in [0.2, 0.25) is 0 Å². The second-order valence-electron chi connectivity index (χ2n) is 5.42. The molecule has 0 radical (unpaired) electrons. The molecule has 6 nitrogen and oxygen atoms in total. The Kier molecular flexibility index (Phi) is 4.29. The van der Waals surface area contributed by atoms with E-state index < -0.39 is 0 Å². The first-order valence-electron chi connectivity index (χ1n) is 7.43. The van der Waals surface area contributed by atoms with E-state index in [9.17, 15) is 4.79 Å². The van der Waals surface area contributed by atoms with Gasteiger partial charge < -0.3 is 10.6 Å². The third-order valence-corrected chi connectivity index (χ3v) is 4.12. The fourth-order valence-corrected chi connectivity index (χ4v) is 2.76. The van der Waals surface area contributed by atoms with E-state index in [0.717, 1.165) is 44.5 Å². The molecule has 0 atom stereocenters. The van der Waals surface area contributed by atoms with E-state index in [1.54, 1.807) is 24.3 Å². The molecule has 1 aliphatic rings. The number of hydrogen-bond acceptors (Lipinski definition) is 4. The number of nitrogens with zero attached hydrogens (tertiary/aromatic N) is 4. The number of nitrogens with two attached hydrogens (primary N) is 1. The van der Waals surface area contributed by atoms with E-state index in [0.29, 0.717) is 5.02 Å². The summed E-state index contributed by atoms with van der Waals surface area (Å²) in [6.07, 6.45) is 4.38. The van der Waals surface area contributed by atoms with Crippen molar-refractivity contribution < 1.29 is 4.79 Å². The maximum atomic E-state index is 12.6. The molecule has 1 aromatic heterocycles. The van der Waals surface area contributed by atoms with Crippen molar-refractivity contribution in [2.45, 2.75) is 25.7 Å². The van der Waals surface area contributed by atoms with E-state index in [1.165, 1.54) is 4.68 Å². The number of carbonyl (C=O) groups excluding carboxylic acids is 1. The van der Waals surface area contributed by atoms with Gasteiger partial charge in [-0.2, -0.15) is 4.68 Å². The fourth-order valence-electron chi connectivity index (χ4n) is 2.64. The first-order valence-corrected chi connectivity index (χ1v) is 7.81. The van der Waals surface area contributed by atoms with Gasteiger partial charge in [-0.3, -0.25) is 4.79 Å². The molecule has 0 unspecified atom stereocenters. The summed E-state index contributed by atoms with van der Waals surface area (Å²) in [6, 6.07) is 7.06. The molecule has 1 saturated heterocycles. The first-order chi connectivity index (χ1) is 10.7. The zero-order chi connectivity index (χ0) is 15.5. The number of carbonyl (C=O) groups is 1. The highest BCUT2D eigenvalue weighted by molar-refractivity contribution is 6.30. The van der Waals surface area contributed by atoms with E-state index in [4.69, 9.17) is 17.3 Å². The van der Waals surface area contributed by atoms with Crippen molar-refractivity contribution in [3.8, 4) is 5.69 Å². The number of hydrogen-bond donors (Lipinski definition) is 1. The van der Waals surface area contributed by atoms with Crippen molar-refractivity contribution >= 4 is 23.3 Å². The molecule has 2 N–H and O–H groups in total. The molecule has 0 spiro atoms. The van der Waals surface area contributed by atoms with Gasteiger partial charge in [0, 0.05) is 18.1 Å². The number of anilines is 1. The highest BCUT2D eigenvalue weighted by Gasteiger charge is 2.24. The van der Waals surface area contributed by atoms with Crippen LogP contribution in [0, 0.1) is 0 Å². The highest BCUT2D eigenvalue weighted by atomic mass is 35.5. The zero-order valence-electron chi connectivity index (χ0n) is 12.2. The maximum Gasteiger partial charge on any atom is 0.278 e. The van der Waals surface area contributed by atoms with Crippen LogP contribution in [0.1, 0.15) is 36.2 Å². The van der Waals surface area contributed by atoms with Crippen molar-refractivity contribution in [3.63, 3.8) is 0 Å². The number of aromatic nitrogens is 3. The van der Waals surface area contributed by atoms with E-state index in [2.05, 4.69) is 10.3 Å². The van der Waals surface area contributed by atoms with Crippen LogP contribution in [0.25, 0.3) is 5.69 Å². The minimum Gasteiger partial charge on any atom is -0.382 e. The summed E-state index contributed by atoms with van der Waals surface area (Å²) in [5.41, 5.74) is 7.02. The minimum atomic E-state index is -0.139. The lowest BCUT2D eigenvalue weighted by atomic mass is 10.2. The van der Waals surface area contributed by atoms with Crippen LogP contribution >= 0.6 is 11.6 Å². The molecule has 22 heavy (non-hydrogen) atoms. The van der Waals surface area contributed by atoms with Gasteiger partial charge in [0.25, 0.3) is 5.91 Å². The number of benzene rings is 1. The number of halogens is 1. The quantitative estimate of drug-likeness (QED) is 0.922. The topological polar surface area (TPSA) is 77.0 Å². The normalized spacial score (nSPS) is 15.6. The van der Waals surface area contributed by atoms with Crippen molar-refractivity contribution in [2.24, 2.45) is 0 Å². The Bertz CT molecular complexity index is 659. The molecular formula is C15H18ClN5O. The molecule has 1 amide bonds. The molecule has 0 bridgehead atoms. The molecule has 3 rings (SSSR count). The molecule has 0 saturated carbocycles. The zero-order valence-corrected chi connectivity index (χ0v) is 13.0. The Balaban J connectivity index is 1.86. The van der Waals surface area contributed by atoms with E-state index >= 15 is 0 Å². The van der Waals surface area contributed by atoms with Gasteiger partial charge in [-0.15, -0.1) is 5.10 Å². The Morgan fingerprint density at radius 1 is 1.09 bits per heavy atom. The van der Waals surface area contributed by atoms with Crippen LogP contribution in [0.5, 0.6) is 0 Å². The predicted octanol–water partition coefficient (Wildman–Crippen LogP) is 2.52. The molecule has 1 fully saturated rings. The molecule has 1 aliphatic heterocycles. The van der Waals surface area contributed by atoms with Crippen LogP contribution in [0.3, 0.4) is 0 Å². The minimum absolute atomic E-state index is 0.139. The summed E-state index contributed by atoms with van der Waals surface area (Å²) in [6.45, 7) is 1.51. The summed E-state index contributed by atoms with van der Waals surface area (Å²) in [4.78, 5) is 14.4. The Morgan fingerprint density at radius 3 is 2.36 bits per heavy atom. The maximum absolute atomic E-state index is 12.6. The Morgan fingerprint density at radius 2 is 1.73 bits per heavy atom. The van der Waals surface area contributed by atoms with Crippen molar-refractivity contribution in [1.82, 2.24) is 19.9 Å². The lowest BCUT2D eigenvalue weighted by Gasteiger charge is -2.18. The van der Waals surface area contributed by atoms with Crippen molar-refractivity contribution in [3.05, 3.63) is 35.0 Å². The SMILES string of the molecule is Nc1c(C(=O)N2CCCCCC2)nnn1-c1ccc(Cl)cc1. The monoisotopic (exact) mass is 319 g/mol. The fraction of sp³-hybridized carbons (Fsp3) is 0.400. The summed E-state index contributed by atoms with van der Waals surface area (Å²) in [7, 11) is 0. The van der Waals surface area contributed by atoms with Crippen LogP contribution in [0.2, 0.25) is 5.02 Å². The van der Waals surface area contributed by atoms with Crippen LogP contribution in [0.15, 0.2) is 24.3 Å². The van der Waals surface area contributed by atoms with E-state index in [-0.39, 0.29) is 17.4 Å². The molecule has 0 aliphatic carbocycles. The highest BCUT2D eigenvalue weighted by Crippen LogP contribution is 2.20. The third-order valence-electron chi connectivity index (χ3n) is 3.87. The standard InChI is InChI=1S/C15H18ClN5O/c16-11-5-7-12(8-6-11)21-14(17)13(18-19-21)15(22)20-9-3-1-2-4-10-20/h5-8H,1-4,9-10,17H2. The molecule has 7 heteroatoms. The number of rotatable bonds is 2. The summed E-state index contributed by atoms with van der Waals surface area (Å²) >= 11 is 5.87. The van der Waals surface area contributed by atoms with Crippen LogP contribution < -0.4 is 5.73 Å². The Hall–Kier alpha value is -2.08. The van der Waals surface area contributed by atoms with Crippen molar-refractivity contribution in [2.75, 3.05) is 18.8 Å². The first kappa shape index (κ1) is 14.8. The lowest BCUT2D eigenvalue weighted by molar-refractivity contribution is 0.0757. The molecular weight excluding hydrogens is 302 g/mol. The number of amides is 1. The molecule has 2 aromatic rings. The van der Waals surface area contributed by atoms with Gasteiger partial charge in [0.15, 0.2) is 11.5 Å². The van der Waals surface area contributed by atoms with Crippen LogP contribution in [0.4, 0.5) is 5.82 Å². The Labute approximate surface area is 133 Å². The average molecular weight is 320 g/mol. The largest absolute Gasteiger partial charge is 0.382 e.